The lowest BCUT2D eigenvalue weighted by Crippen LogP contribution is -2.44. The van der Waals surface area contributed by atoms with Crippen molar-refractivity contribution in [3.8, 4) is 5.75 Å². The molecule has 0 amide bonds. The molecule has 4 rings (SSSR count). The number of aliphatic carboxylic acids is 1. The molecule has 11 nitrogen and oxygen atoms in total. The number of carboxylic acid groups (broad SMARTS) is 1. The second-order valence-corrected chi connectivity index (χ2v) is 9.41. The zero-order valence-corrected chi connectivity index (χ0v) is 22.8. The van der Waals surface area contributed by atoms with Gasteiger partial charge in [0.05, 0.1) is 7.11 Å². The van der Waals surface area contributed by atoms with Crippen molar-refractivity contribution in [2.24, 2.45) is 7.05 Å². The first-order valence-corrected chi connectivity index (χ1v) is 12.6. The summed E-state index contributed by atoms with van der Waals surface area (Å²) in [5.74, 6) is -1.24. The molecule has 0 spiro atoms. The fourth-order valence-electron chi connectivity index (χ4n) is 4.14. The molecule has 2 N–H and O–H groups in total. The summed E-state index contributed by atoms with van der Waals surface area (Å²) in [4.78, 5) is 42.6. The number of carbonyl (C=O) groups is 1. The first-order chi connectivity index (χ1) is 18.8. The van der Waals surface area contributed by atoms with Gasteiger partial charge in [0.25, 0.3) is 5.56 Å². The molecule has 0 atom stereocenters. The Hall–Kier alpha value is -4.07. The second kappa shape index (κ2) is 12.9. The van der Waals surface area contributed by atoms with E-state index in [0.29, 0.717) is 30.7 Å². The van der Waals surface area contributed by atoms with Crippen molar-refractivity contribution in [2.45, 2.75) is 39.5 Å². The maximum atomic E-state index is 13.6. The number of aryl methyl sites for hydroxylation is 2. The Morgan fingerprint density at radius 3 is 2.25 bits per heavy atom. The van der Waals surface area contributed by atoms with Crippen molar-refractivity contribution in [1.29, 1.82) is 0 Å². The highest BCUT2D eigenvalue weighted by Crippen LogP contribution is 2.21. The molecule has 1 fully saturated rings. The highest BCUT2D eigenvalue weighted by atomic mass is 19.4. The molecule has 0 unspecified atom stereocenters. The van der Waals surface area contributed by atoms with Gasteiger partial charge >= 0.3 is 17.8 Å². The van der Waals surface area contributed by atoms with Gasteiger partial charge in [-0.1, -0.05) is 23.8 Å². The van der Waals surface area contributed by atoms with Gasteiger partial charge < -0.3 is 24.6 Å². The molecule has 0 aliphatic carbocycles. The predicted octanol–water partition coefficient (Wildman–Crippen LogP) is 2.16. The maximum absolute atomic E-state index is 13.6. The van der Waals surface area contributed by atoms with Gasteiger partial charge in [0.1, 0.15) is 5.75 Å². The number of nitrogens with one attached hydrogen (secondary N) is 1. The molecule has 1 aromatic carbocycles. The Labute approximate surface area is 228 Å². The molecule has 2 aromatic heterocycles. The van der Waals surface area contributed by atoms with E-state index in [9.17, 15) is 22.8 Å². The van der Waals surface area contributed by atoms with E-state index in [1.807, 2.05) is 42.7 Å². The molecule has 14 heteroatoms. The van der Waals surface area contributed by atoms with Crippen LogP contribution in [-0.4, -0.2) is 69.2 Å². The van der Waals surface area contributed by atoms with Gasteiger partial charge in [-0.05, 0) is 38.0 Å². The third-order valence-electron chi connectivity index (χ3n) is 6.32. The zero-order chi connectivity index (χ0) is 29.6. The lowest BCUT2D eigenvalue weighted by atomic mass is 10.1. The fraction of sp³-hybridized carbons (Fsp3) is 0.462. The number of aromatic nitrogens is 4. The summed E-state index contributed by atoms with van der Waals surface area (Å²) in [6.07, 6.45) is -2.43. The third-order valence-corrected chi connectivity index (χ3v) is 6.32. The lowest BCUT2D eigenvalue weighted by Gasteiger charge is -2.28. The number of anilines is 1. The Balaban J connectivity index is 0.000000559. The van der Waals surface area contributed by atoms with Crippen LogP contribution in [-0.2, 0) is 31.4 Å². The number of hydrogen-bond donors (Lipinski definition) is 2. The molecule has 0 bridgehead atoms. The van der Waals surface area contributed by atoms with Crippen molar-refractivity contribution in [3.05, 3.63) is 62.3 Å². The maximum Gasteiger partial charge on any atom is 0.490 e. The van der Waals surface area contributed by atoms with Gasteiger partial charge in [-0.15, -0.1) is 0 Å². The number of carboxylic acids is 1. The van der Waals surface area contributed by atoms with Crippen LogP contribution in [0.3, 0.4) is 0 Å². The summed E-state index contributed by atoms with van der Waals surface area (Å²) in [5.41, 5.74) is 2.45. The molecule has 3 heterocycles. The third kappa shape index (κ3) is 7.11. The molecule has 0 saturated carbocycles. The minimum Gasteiger partial charge on any atom is -0.497 e. The largest absolute Gasteiger partial charge is 0.497 e. The van der Waals surface area contributed by atoms with Crippen molar-refractivity contribution in [3.63, 3.8) is 0 Å². The molecule has 1 saturated heterocycles. The Morgan fingerprint density at radius 2 is 1.73 bits per heavy atom. The van der Waals surface area contributed by atoms with Crippen LogP contribution in [0.2, 0.25) is 0 Å². The van der Waals surface area contributed by atoms with Gasteiger partial charge in [0.15, 0.2) is 11.2 Å². The minimum atomic E-state index is -5.08. The minimum absolute atomic E-state index is 0.294. The number of methoxy groups -OCH3 is 1. The average molecular weight is 567 g/mol. The number of ether oxygens (including phenoxy) is 1. The molecule has 40 heavy (non-hydrogen) atoms. The number of alkyl halides is 3. The number of halogens is 3. The normalized spacial score (nSPS) is 13.5. The van der Waals surface area contributed by atoms with Crippen LogP contribution in [0.15, 0.2) is 45.5 Å². The van der Waals surface area contributed by atoms with E-state index in [1.165, 1.54) is 9.13 Å². The first-order valence-electron chi connectivity index (χ1n) is 12.6. The van der Waals surface area contributed by atoms with Gasteiger partial charge in [0, 0.05) is 46.3 Å². The summed E-state index contributed by atoms with van der Waals surface area (Å²) in [7, 11) is 3.31. The van der Waals surface area contributed by atoms with Crippen molar-refractivity contribution < 1.29 is 27.8 Å². The zero-order valence-electron chi connectivity index (χ0n) is 22.8. The van der Waals surface area contributed by atoms with E-state index >= 15 is 0 Å². The Morgan fingerprint density at radius 1 is 1.12 bits per heavy atom. The number of hydrogen-bond acceptors (Lipinski definition) is 7. The summed E-state index contributed by atoms with van der Waals surface area (Å²) in [6.45, 7) is 8.22. The molecule has 1 aliphatic heterocycles. The van der Waals surface area contributed by atoms with E-state index in [4.69, 9.17) is 19.6 Å². The van der Waals surface area contributed by atoms with Crippen molar-refractivity contribution in [1.82, 2.24) is 24.0 Å². The van der Waals surface area contributed by atoms with E-state index in [2.05, 4.69) is 16.3 Å². The van der Waals surface area contributed by atoms with Crippen LogP contribution in [0.1, 0.15) is 19.4 Å². The first kappa shape index (κ1) is 30.5. The second-order valence-electron chi connectivity index (χ2n) is 9.41. The lowest BCUT2D eigenvalue weighted by molar-refractivity contribution is -0.192. The smallest absolute Gasteiger partial charge is 0.490 e. The molecule has 218 valence electrons. The summed E-state index contributed by atoms with van der Waals surface area (Å²) >= 11 is 0. The van der Waals surface area contributed by atoms with Gasteiger partial charge in [0.2, 0.25) is 5.95 Å². The summed E-state index contributed by atoms with van der Waals surface area (Å²) in [5, 5.41) is 10.5. The fourth-order valence-corrected chi connectivity index (χ4v) is 4.14. The van der Waals surface area contributed by atoms with Crippen LogP contribution in [0.5, 0.6) is 5.75 Å². The standard InChI is InChI=1S/C24H32N6O3.C2HF3O2/c1-17(2)9-13-29-20-21(26-23(29)28-15-11-25-12-16-28)27(3)24(32)30(22(20)31)14-10-18-5-7-19(33-4)8-6-18;3-2(4,5)1(6)7/h5-9,25H,10-16H2,1-4H3;(H,6,7). The SMILES string of the molecule is COc1ccc(CCn2c(=O)c3c(nc(N4CCNCC4)n3CC=C(C)C)n(C)c2=O)cc1.O=C(O)C(F)(F)F. The van der Waals surface area contributed by atoms with Gasteiger partial charge in [-0.3, -0.25) is 13.9 Å². The molecule has 3 aromatic rings. The number of rotatable bonds is 7. The van der Waals surface area contributed by atoms with E-state index in [0.717, 1.165) is 49.0 Å². The Kier molecular flexibility index (Phi) is 9.79. The quantitative estimate of drug-likeness (QED) is 0.417. The monoisotopic (exact) mass is 566 g/mol. The highest BCUT2D eigenvalue weighted by molar-refractivity contribution is 5.75. The van der Waals surface area contributed by atoms with E-state index in [-0.39, 0.29) is 11.2 Å². The Bertz CT molecular complexity index is 1480. The molecule has 1 aliphatic rings. The average Bonchev–Trinajstić information content (AvgIpc) is 3.31. The van der Waals surface area contributed by atoms with Gasteiger partial charge in [-0.25, -0.2) is 9.59 Å². The summed E-state index contributed by atoms with van der Waals surface area (Å²) < 4.78 is 41.7. The van der Waals surface area contributed by atoms with Crippen LogP contribution >= 0.6 is 0 Å². The number of allylic oxidation sites excluding steroid dienone is 2. The predicted molar refractivity (Wildman–Crippen MR) is 144 cm³/mol. The highest BCUT2D eigenvalue weighted by Gasteiger charge is 2.38. The molecular weight excluding hydrogens is 533 g/mol. The molecule has 0 radical (unpaired) electrons. The number of piperazine rings is 1. The molecular formula is C26H33F3N6O5. The van der Waals surface area contributed by atoms with E-state index in [1.54, 1.807) is 14.2 Å². The topological polar surface area (TPSA) is 124 Å². The van der Waals surface area contributed by atoms with Crippen LogP contribution in [0.4, 0.5) is 19.1 Å². The van der Waals surface area contributed by atoms with Crippen LogP contribution < -0.4 is 26.2 Å². The van der Waals surface area contributed by atoms with Crippen molar-refractivity contribution >= 4 is 23.1 Å². The number of fused-ring (bicyclic) bond motifs is 1. The number of nitrogens with zero attached hydrogens (tertiary/aromatic N) is 5. The number of benzene rings is 1. The van der Waals surface area contributed by atoms with E-state index < -0.39 is 12.1 Å². The van der Waals surface area contributed by atoms with Crippen LogP contribution in [0, 0.1) is 0 Å². The van der Waals surface area contributed by atoms with Gasteiger partial charge in [-0.2, -0.15) is 18.2 Å². The van der Waals surface area contributed by atoms with Crippen LogP contribution in [0.25, 0.3) is 11.2 Å². The van der Waals surface area contributed by atoms with Crippen molar-refractivity contribution in [2.75, 3.05) is 38.2 Å². The summed E-state index contributed by atoms with van der Waals surface area (Å²) in [6, 6.07) is 7.67. The number of imidazole rings is 1.